The molecule has 0 spiro atoms. The van der Waals surface area contributed by atoms with Crippen molar-refractivity contribution in [1.29, 1.82) is 0 Å². The Morgan fingerprint density at radius 2 is 1.84 bits per heavy atom. The number of nitrogens with zero attached hydrogens (tertiary/aromatic N) is 1. The van der Waals surface area contributed by atoms with Crippen LogP contribution >= 0.6 is 0 Å². The van der Waals surface area contributed by atoms with Gasteiger partial charge in [-0.2, -0.15) is 0 Å². The number of hydrogen-bond donors (Lipinski definition) is 2. The molecule has 1 heterocycles. The van der Waals surface area contributed by atoms with E-state index in [1.165, 1.54) is 11.3 Å². The van der Waals surface area contributed by atoms with Gasteiger partial charge in [-0.05, 0) is 39.0 Å². The van der Waals surface area contributed by atoms with E-state index in [0.29, 0.717) is 13.0 Å². The van der Waals surface area contributed by atoms with Gasteiger partial charge in [0.25, 0.3) is 0 Å². The van der Waals surface area contributed by atoms with Crippen molar-refractivity contribution in [2.45, 2.75) is 69.9 Å². The Labute approximate surface area is 114 Å². The van der Waals surface area contributed by atoms with E-state index in [-0.39, 0.29) is 11.6 Å². The Hall–Kier alpha value is -1.26. The molecule has 2 rings (SSSR count). The molecule has 0 aromatic heterocycles. The van der Waals surface area contributed by atoms with Gasteiger partial charge in [0, 0.05) is 12.1 Å². The zero-order valence-corrected chi connectivity index (χ0v) is 11.7. The second kappa shape index (κ2) is 5.80. The number of carbonyl (C=O) groups excluding carboxylic acids is 1. The molecule has 5 heteroatoms. The molecule has 2 amide bonds. The second-order valence-corrected chi connectivity index (χ2v) is 6.09. The molecular weight excluding hydrogens is 244 g/mol. The molecule has 19 heavy (non-hydrogen) atoms. The van der Waals surface area contributed by atoms with E-state index in [4.69, 9.17) is 0 Å². The minimum atomic E-state index is -0.886. The summed E-state index contributed by atoms with van der Waals surface area (Å²) in [5.41, 5.74) is -0.157. The summed E-state index contributed by atoms with van der Waals surface area (Å²) in [5, 5.41) is 12.3. The highest BCUT2D eigenvalue weighted by atomic mass is 16.4. The van der Waals surface area contributed by atoms with Crippen molar-refractivity contribution in [2.24, 2.45) is 0 Å². The molecule has 1 saturated heterocycles. The minimum Gasteiger partial charge on any atom is -0.480 e. The first kappa shape index (κ1) is 14.2. The summed E-state index contributed by atoms with van der Waals surface area (Å²) in [5.74, 6) is -0.886. The monoisotopic (exact) mass is 268 g/mol. The van der Waals surface area contributed by atoms with Crippen molar-refractivity contribution in [3.8, 4) is 0 Å². The summed E-state index contributed by atoms with van der Waals surface area (Å²) in [6, 6.07) is -0.850. The van der Waals surface area contributed by atoms with Crippen LogP contribution in [-0.2, 0) is 4.79 Å². The summed E-state index contributed by atoms with van der Waals surface area (Å²) in [6.07, 6.45) is 7.84. The number of rotatable bonds is 2. The molecule has 5 nitrogen and oxygen atoms in total. The molecule has 1 aliphatic heterocycles. The maximum Gasteiger partial charge on any atom is 0.326 e. The predicted octanol–water partition coefficient (Wildman–Crippen LogP) is 2.36. The zero-order chi connectivity index (χ0) is 13.9. The first-order valence-corrected chi connectivity index (χ1v) is 7.33. The van der Waals surface area contributed by atoms with Gasteiger partial charge in [0.2, 0.25) is 0 Å². The summed E-state index contributed by atoms with van der Waals surface area (Å²) >= 11 is 0. The Morgan fingerprint density at radius 3 is 2.47 bits per heavy atom. The fourth-order valence-corrected chi connectivity index (χ4v) is 3.22. The van der Waals surface area contributed by atoms with Crippen LogP contribution in [-0.4, -0.2) is 40.1 Å². The van der Waals surface area contributed by atoms with Crippen LogP contribution in [0.4, 0.5) is 4.79 Å². The molecule has 0 radical (unpaired) electrons. The first-order valence-electron chi connectivity index (χ1n) is 7.33. The van der Waals surface area contributed by atoms with Gasteiger partial charge in [-0.25, -0.2) is 9.59 Å². The van der Waals surface area contributed by atoms with Crippen LogP contribution in [0.15, 0.2) is 0 Å². The molecule has 2 fully saturated rings. The molecule has 2 N–H and O–H groups in total. The van der Waals surface area contributed by atoms with E-state index < -0.39 is 12.0 Å². The Balaban J connectivity index is 1.99. The Kier molecular flexibility index (Phi) is 4.32. The molecule has 1 atom stereocenters. The number of nitrogens with one attached hydrogen (secondary N) is 1. The van der Waals surface area contributed by atoms with Crippen LogP contribution in [0.3, 0.4) is 0 Å². The molecule has 1 unspecified atom stereocenters. The molecule has 0 aromatic rings. The van der Waals surface area contributed by atoms with Crippen LogP contribution in [0.2, 0.25) is 0 Å². The number of aliphatic carboxylic acids is 1. The standard InChI is InChI=1S/C14H24N2O3/c1-14(8-4-2-5-9-14)15-13(19)16-10-6-3-7-11(16)12(17)18/h11H,2-10H2,1H3,(H,15,19)(H,17,18). The lowest BCUT2D eigenvalue weighted by Crippen LogP contribution is -2.57. The largest absolute Gasteiger partial charge is 0.480 e. The lowest BCUT2D eigenvalue weighted by molar-refractivity contribution is -0.143. The highest BCUT2D eigenvalue weighted by Crippen LogP contribution is 2.28. The first-order chi connectivity index (χ1) is 9.02. The summed E-state index contributed by atoms with van der Waals surface area (Å²) < 4.78 is 0. The molecule has 2 aliphatic rings. The fourth-order valence-electron chi connectivity index (χ4n) is 3.22. The van der Waals surface area contributed by atoms with Gasteiger partial charge in [-0.15, -0.1) is 0 Å². The van der Waals surface area contributed by atoms with Gasteiger partial charge in [0.05, 0.1) is 0 Å². The lowest BCUT2D eigenvalue weighted by atomic mass is 9.83. The van der Waals surface area contributed by atoms with E-state index in [2.05, 4.69) is 12.2 Å². The second-order valence-electron chi connectivity index (χ2n) is 6.09. The third kappa shape index (κ3) is 3.39. The van der Waals surface area contributed by atoms with Crippen LogP contribution < -0.4 is 5.32 Å². The molecule has 0 bridgehead atoms. The third-order valence-corrected chi connectivity index (χ3v) is 4.41. The normalized spacial score (nSPS) is 26.8. The molecule has 1 aliphatic carbocycles. The molecule has 108 valence electrons. The molecule has 1 saturated carbocycles. The van der Waals surface area contributed by atoms with Crippen LogP contribution in [0, 0.1) is 0 Å². The van der Waals surface area contributed by atoms with E-state index in [9.17, 15) is 14.7 Å². The van der Waals surface area contributed by atoms with Crippen molar-refractivity contribution in [1.82, 2.24) is 10.2 Å². The maximum absolute atomic E-state index is 12.3. The van der Waals surface area contributed by atoms with E-state index in [1.807, 2.05) is 0 Å². The quantitative estimate of drug-likeness (QED) is 0.807. The highest BCUT2D eigenvalue weighted by Gasteiger charge is 2.35. The number of likely N-dealkylation sites (tertiary alicyclic amines) is 1. The number of urea groups is 1. The van der Waals surface area contributed by atoms with Gasteiger partial charge < -0.3 is 15.3 Å². The zero-order valence-electron chi connectivity index (χ0n) is 11.7. The number of carbonyl (C=O) groups is 2. The fraction of sp³-hybridized carbons (Fsp3) is 0.857. The van der Waals surface area contributed by atoms with E-state index in [0.717, 1.165) is 38.5 Å². The average Bonchev–Trinajstić information content (AvgIpc) is 2.39. The number of carboxylic acid groups (broad SMARTS) is 1. The van der Waals surface area contributed by atoms with Crippen molar-refractivity contribution in [2.75, 3.05) is 6.54 Å². The predicted molar refractivity (Wildman–Crippen MR) is 72.0 cm³/mol. The Morgan fingerprint density at radius 1 is 1.16 bits per heavy atom. The molecule has 0 aromatic carbocycles. The van der Waals surface area contributed by atoms with Crippen molar-refractivity contribution < 1.29 is 14.7 Å². The summed E-state index contributed by atoms with van der Waals surface area (Å²) in [4.78, 5) is 25.1. The minimum absolute atomic E-state index is 0.157. The van der Waals surface area contributed by atoms with Crippen molar-refractivity contribution in [3.05, 3.63) is 0 Å². The SMILES string of the molecule is CC1(NC(=O)N2CCCCC2C(=O)O)CCCCC1. The van der Waals surface area contributed by atoms with Gasteiger partial charge >= 0.3 is 12.0 Å². The van der Waals surface area contributed by atoms with E-state index >= 15 is 0 Å². The lowest BCUT2D eigenvalue weighted by Gasteiger charge is -2.39. The number of amides is 2. The number of carboxylic acids is 1. The van der Waals surface area contributed by atoms with Gasteiger partial charge in [0.1, 0.15) is 6.04 Å². The van der Waals surface area contributed by atoms with Gasteiger partial charge in [-0.3, -0.25) is 0 Å². The summed E-state index contributed by atoms with van der Waals surface area (Å²) in [7, 11) is 0. The average molecular weight is 268 g/mol. The van der Waals surface area contributed by atoms with Gasteiger partial charge in [-0.1, -0.05) is 19.3 Å². The smallest absolute Gasteiger partial charge is 0.326 e. The highest BCUT2D eigenvalue weighted by molar-refractivity contribution is 5.83. The maximum atomic E-state index is 12.3. The van der Waals surface area contributed by atoms with Crippen LogP contribution in [0.25, 0.3) is 0 Å². The van der Waals surface area contributed by atoms with Crippen LogP contribution in [0.1, 0.15) is 58.3 Å². The van der Waals surface area contributed by atoms with Crippen LogP contribution in [0.5, 0.6) is 0 Å². The van der Waals surface area contributed by atoms with Gasteiger partial charge in [0.15, 0.2) is 0 Å². The number of hydrogen-bond acceptors (Lipinski definition) is 2. The topological polar surface area (TPSA) is 69.6 Å². The Bertz CT molecular complexity index is 351. The van der Waals surface area contributed by atoms with Crippen molar-refractivity contribution in [3.63, 3.8) is 0 Å². The summed E-state index contributed by atoms with van der Waals surface area (Å²) in [6.45, 7) is 2.63. The third-order valence-electron chi connectivity index (χ3n) is 4.41. The van der Waals surface area contributed by atoms with E-state index in [1.54, 1.807) is 0 Å². The van der Waals surface area contributed by atoms with Crippen molar-refractivity contribution >= 4 is 12.0 Å². The molecular formula is C14H24N2O3. The number of piperidine rings is 1.